The molecule has 0 radical (unpaired) electrons. The van der Waals surface area contributed by atoms with Gasteiger partial charge in [0.1, 0.15) is 11.6 Å². The van der Waals surface area contributed by atoms with Crippen molar-refractivity contribution in [1.82, 2.24) is 4.31 Å². The lowest BCUT2D eigenvalue weighted by Crippen LogP contribution is -2.48. The van der Waals surface area contributed by atoms with Crippen LogP contribution in [0.1, 0.15) is 41.5 Å². The van der Waals surface area contributed by atoms with E-state index in [2.05, 4.69) is 33.9 Å². The molecule has 1 aliphatic heterocycles. The Bertz CT molecular complexity index is 547. The number of hydrogen-bond acceptors (Lipinski definition) is 6. The molecule has 0 spiro atoms. The molecule has 9 heteroatoms. The Balaban J connectivity index is 2.88. The van der Waals surface area contributed by atoms with E-state index in [1.54, 1.807) is 20.8 Å². The highest BCUT2D eigenvalue weighted by Crippen LogP contribution is 2.37. The van der Waals surface area contributed by atoms with Gasteiger partial charge in [0.2, 0.25) is 0 Å². The van der Waals surface area contributed by atoms with E-state index >= 15 is 0 Å². The number of hydrogen-bond donors (Lipinski definition) is 0. The molecule has 0 aromatic rings. The molecule has 0 aromatic heterocycles. The standard InChI is InChI=1S/C14H29NO6SSi/c1-13(2,3)21-12(16)15-11(9-19-22(15,17)18)10-20-23(7,8)14(4,5)6/h11H,9-10H2,1-8H3. The second kappa shape index (κ2) is 6.34. The van der Waals surface area contributed by atoms with Crippen LogP contribution in [0.15, 0.2) is 0 Å². The topological polar surface area (TPSA) is 82.1 Å². The molecule has 7 nitrogen and oxygen atoms in total. The van der Waals surface area contributed by atoms with Crippen LogP contribution in [0.3, 0.4) is 0 Å². The van der Waals surface area contributed by atoms with Crippen LogP contribution in [0.5, 0.6) is 0 Å². The molecule has 0 saturated carbocycles. The summed E-state index contributed by atoms with van der Waals surface area (Å²) in [5, 5.41) is -0.0118. The van der Waals surface area contributed by atoms with Crippen molar-refractivity contribution in [2.24, 2.45) is 0 Å². The van der Waals surface area contributed by atoms with Gasteiger partial charge in [-0.25, -0.2) is 4.79 Å². The molecule has 1 aliphatic rings. The van der Waals surface area contributed by atoms with E-state index in [1.165, 1.54) is 0 Å². The van der Waals surface area contributed by atoms with Crippen LogP contribution in [-0.4, -0.2) is 52.0 Å². The molecule has 1 amide bonds. The SMILES string of the molecule is CC(C)(C)OC(=O)N1C(CO[Si](C)(C)C(C)(C)C)COS1(=O)=O. The predicted molar refractivity (Wildman–Crippen MR) is 89.9 cm³/mol. The number of amides is 1. The van der Waals surface area contributed by atoms with Gasteiger partial charge in [0.15, 0.2) is 8.32 Å². The zero-order valence-corrected chi connectivity index (χ0v) is 17.1. The lowest BCUT2D eigenvalue weighted by Gasteiger charge is -2.37. The summed E-state index contributed by atoms with van der Waals surface area (Å²) in [6.07, 6.45) is -0.932. The summed E-state index contributed by atoms with van der Waals surface area (Å²) in [6, 6.07) is -0.705. The summed E-state index contributed by atoms with van der Waals surface area (Å²) in [4.78, 5) is 12.2. The van der Waals surface area contributed by atoms with Crippen LogP contribution >= 0.6 is 0 Å². The minimum Gasteiger partial charge on any atom is -0.443 e. The maximum absolute atomic E-state index is 12.2. The van der Waals surface area contributed by atoms with Crippen molar-refractivity contribution in [3.05, 3.63) is 0 Å². The zero-order valence-electron chi connectivity index (χ0n) is 15.3. The molecular weight excluding hydrogens is 338 g/mol. The number of nitrogens with zero attached hydrogens (tertiary/aromatic N) is 1. The fourth-order valence-corrected chi connectivity index (χ4v) is 3.85. The fourth-order valence-electron chi connectivity index (χ4n) is 1.66. The predicted octanol–water partition coefficient (Wildman–Crippen LogP) is 2.89. The van der Waals surface area contributed by atoms with Gasteiger partial charge in [-0.2, -0.15) is 12.7 Å². The van der Waals surface area contributed by atoms with Crippen LogP contribution in [0, 0.1) is 0 Å². The second-order valence-electron chi connectivity index (χ2n) is 8.24. The number of rotatable bonds is 3. The summed E-state index contributed by atoms with van der Waals surface area (Å²) in [7, 11) is -6.18. The lowest BCUT2D eigenvalue weighted by atomic mass is 10.2. The highest BCUT2D eigenvalue weighted by Gasteiger charge is 2.46. The van der Waals surface area contributed by atoms with Crippen LogP contribution in [0.25, 0.3) is 0 Å². The van der Waals surface area contributed by atoms with Gasteiger partial charge in [-0.1, -0.05) is 20.8 Å². The van der Waals surface area contributed by atoms with Gasteiger partial charge in [-0.15, -0.1) is 0 Å². The van der Waals surface area contributed by atoms with Crippen LogP contribution < -0.4 is 0 Å². The number of carbonyl (C=O) groups excluding carboxylic acids is 1. The largest absolute Gasteiger partial charge is 0.443 e. The smallest absolute Gasteiger partial charge is 0.426 e. The molecule has 1 rings (SSSR count). The van der Waals surface area contributed by atoms with Gasteiger partial charge < -0.3 is 9.16 Å². The normalized spacial score (nSPS) is 22.3. The number of carbonyl (C=O) groups is 1. The molecule has 1 unspecified atom stereocenters. The molecule has 1 atom stereocenters. The molecular formula is C14H29NO6SSi. The van der Waals surface area contributed by atoms with Gasteiger partial charge in [0.25, 0.3) is 0 Å². The lowest BCUT2D eigenvalue weighted by molar-refractivity contribution is 0.0323. The third-order valence-corrected chi connectivity index (χ3v) is 9.86. The van der Waals surface area contributed by atoms with Crippen LogP contribution in [0.2, 0.25) is 18.1 Å². The highest BCUT2D eigenvalue weighted by molar-refractivity contribution is 7.85. The summed E-state index contributed by atoms with van der Waals surface area (Å²) < 4.78 is 40.6. The first kappa shape index (κ1) is 20.4. The Hall–Kier alpha value is -0.643. The molecule has 23 heavy (non-hydrogen) atoms. The number of ether oxygens (including phenoxy) is 1. The van der Waals surface area contributed by atoms with Gasteiger partial charge >= 0.3 is 16.4 Å². The third-order valence-electron chi connectivity index (χ3n) is 4.00. The Morgan fingerprint density at radius 2 is 1.74 bits per heavy atom. The first-order valence-corrected chi connectivity index (χ1v) is 11.9. The molecule has 1 fully saturated rings. The van der Waals surface area contributed by atoms with Crippen molar-refractivity contribution in [1.29, 1.82) is 0 Å². The van der Waals surface area contributed by atoms with Crippen LogP contribution in [-0.2, 0) is 23.7 Å². The molecule has 1 heterocycles. The monoisotopic (exact) mass is 367 g/mol. The van der Waals surface area contributed by atoms with Crippen molar-refractivity contribution in [3.8, 4) is 0 Å². The molecule has 0 aliphatic carbocycles. The van der Waals surface area contributed by atoms with Crippen molar-refractivity contribution in [2.75, 3.05) is 13.2 Å². The Kier molecular flexibility index (Phi) is 5.63. The fraction of sp³-hybridized carbons (Fsp3) is 0.929. The Morgan fingerprint density at radius 1 is 1.22 bits per heavy atom. The maximum atomic E-state index is 12.2. The highest BCUT2D eigenvalue weighted by atomic mass is 32.2. The van der Waals surface area contributed by atoms with Gasteiger partial charge in [-0.05, 0) is 38.9 Å². The third kappa shape index (κ3) is 5.17. The summed E-state index contributed by atoms with van der Waals surface area (Å²) >= 11 is 0. The maximum Gasteiger partial charge on any atom is 0.426 e. The first-order valence-electron chi connectivity index (χ1n) is 7.62. The van der Waals surface area contributed by atoms with Crippen molar-refractivity contribution < 1.29 is 26.6 Å². The minimum atomic E-state index is -4.12. The van der Waals surface area contributed by atoms with E-state index in [-0.39, 0.29) is 18.3 Å². The minimum absolute atomic E-state index is 0.0118. The van der Waals surface area contributed by atoms with Crippen molar-refractivity contribution in [2.45, 2.75) is 71.3 Å². The average Bonchev–Trinajstić information content (AvgIpc) is 2.58. The zero-order chi connectivity index (χ0) is 18.3. The van der Waals surface area contributed by atoms with E-state index < -0.39 is 36.4 Å². The van der Waals surface area contributed by atoms with Gasteiger partial charge in [0.05, 0.1) is 13.2 Å². The quantitative estimate of drug-likeness (QED) is 0.713. The summed E-state index contributed by atoms with van der Waals surface area (Å²) in [5.41, 5.74) is -0.792. The molecule has 1 saturated heterocycles. The molecule has 0 N–H and O–H groups in total. The van der Waals surface area contributed by atoms with Crippen molar-refractivity contribution in [3.63, 3.8) is 0 Å². The Morgan fingerprint density at radius 3 is 2.17 bits per heavy atom. The van der Waals surface area contributed by atoms with E-state index in [9.17, 15) is 13.2 Å². The summed E-state index contributed by atoms with van der Waals surface area (Å²) in [6.45, 7) is 15.4. The van der Waals surface area contributed by atoms with E-state index in [0.717, 1.165) is 0 Å². The molecule has 0 aromatic carbocycles. The van der Waals surface area contributed by atoms with E-state index in [0.29, 0.717) is 4.31 Å². The molecule has 0 bridgehead atoms. The summed E-state index contributed by atoms with van der Waals surface area (Å²) in [5.74, 6) is 0. The van der Waals surface area contributed by atoms with Gasteiger partial charge in [0, 0.05) is 0 Å². The second-order valence-corrected chi connectivity index (χ2v) is 14.5. The average molecular weight is 368 g/mol. The van der Waals surface area contributed by atoms with E-state index in [4.69, 9.17) is 13.3 Å². The van der Waals surface area contributed by atoms with Crippen LogP contribution in [0.4, 0.5) is 4.79 Å². The Labute approximate surface area is 140 Å². The molecule has 136 valence electrons. The first-order chi connectivity index (χ1) is 10.1. The van der Waals surface area contributed by atoms with E-state index in [1.807, 2.05) is 0 Å². The van der Waals surface area contributed by atoms with Crippen molar-refractivity contribution >= 4 is 24.7 Å². The van der Waals surface area contributed by atoms with Gasteiger partial charge in [-0.3, -0.25) is 4.18 Å².